The van der Waals surface area contributed by atoms with Crippen LogP contribution in [-0.2, 0) is 0 Å². The van der Waals surface area contributed by atoms with Crippen LogP contribution in [0, 0.1) is 0 Å². The van der Waals surface area contributed by atoms with Crippen molar-refractivity contribution in [1.82, 2.24) is 5.32 Å². The molecule has 0 aromatic heterocycles. The monoisotopic (exact) mass is 261 g/mol. The molecule has 0 radical (unpaired) electrons. The van der Waals surface area contributed by atoms with Crippen molar-refractivity contribution in [2.45, 2.75) is 38.6 Å². The molecule has 0 saturated heterocycles. The van der Waals surface area contributed by atoms with Crippen molar-refractivity contribution in [2.24, 2.45) is 0 Å². The fraction of sp³-hybridized carbons (Fsp3) is 0.533. The number of hydrogen-bond donors (Lipinski definition) is 2. The van der Waals surface area contributed by atoms with Gasteiger partial charge in [0.1, 0.15) is 0 Å². The van der Waals surface area contributed by atoms with Gasteiger partial charge in [0.05, 0.1) is 0 Å². The summed E-state index contributed by atoms with van der Waals surface area (Å²) in [7, 11) is 2.10. The summed E-state index contributed by atoms with van der Waals surface area (Å²) in [6.07, 6.45) is 4.61. The molecule has 1 aliphatic rings. The Morgan fingerprint density at radius 3 is 2.58 bits per heavy atom. The van der Waals surface area contributed by atoms with Crippen molar-refractivity contribution in [1.29, 1.82) is 0 Å². The van der Waals surface area contributed by atoms with Crippen LogP contribution < -0.4 is 15.5 Å². The van der Waals surface area contributed by atoms with Crippen molar-refractivity contribution in [3.8, 4) is 0 Å². The molecule has 1 aliphatic carbocycles. The van der Waals surface area contributed by atoms with Crippen LogP contribution in [0.4, 0.5) is 16.2 Å². The van der Waals surface area contributed by atoms with Gasteiger partial charge >= 0.3 is 6.03 Å². The highest BCUT2D eigenvalue weighted by Gasteiger charge is 2.23. The van der Waals surface area contributed by atoms with Crippen LogP contribution in [-0.4, -0.2) is 25.7 Å². The first-order chi connectivity index (χ1) is 9.19. The third-order valence-corrected chi connectivity index (χ3v) is 3.33. The predicted octanol–water partition coefficient (Wildman–Crippen LogP) is 3.21. The molecule has 1 saturated carbocycles. The second-order valence-electron chi connectivity index (χ2n) is 5.19. The lowest BCUT2D eigenvalue weighted by Gasteiger charge is -2.19. The van der Waals surface area contributed by atoms with Gasteiger partial charge in [-0.25, -0.2) is 4.79 Å². The molecule has 1 aromatic rings. The number of nitrogens with zero attached hydrogens (tertiary/aromatic N) is 1. The second-order valence-corrected chi connectivity index (χ2v) is 5.19. The summed E-state index contributed by atoms with van der Waals surface area (Å²) < 4.78 is 0. The molecule has 0 aliphatic heterocycles. The van der Waals surface area contributed by atoms with Gasteiger partial charge in [-0.3, -0.25) is 0 Å². The Labute approximate surface area is 115 Å². The number of hydrogen-bond acceptors (Lipinski definition) is 2. The van der Waals surface area contributed by atoms with Gasteiger partial charge in [0, 0.05) is 31.0 Å². The van der Waals surface area contributed by atoms with Crippen LogP contribution in [0.3, 0.4) is 0 Å². The molecule has 0 heterocycles. The van der Waals surface area contributed by atoms with E-state index in [1.807, 2.05) is 24.3 Å². The molecule has 4 nitrogen and oxygen atoms in total. The largest absolute Gasteiger partial charge is 0.375 e. The van der Waals surface area contributed by atoms with E-state index in [4.69, 9.17) is 0 Å². The number of amides is 2. The first kappa shape index (κ1) is 13.7. The number of carbonyl (C=O) groups excluding carboxylic acids is 1. The summed E-state index contributed by atoms with van der Waals surface area (Å²) in [6.45, 7) is 3.25. The maximum Gasteiger partial charge on any atom is 0.319 e. The fourth-order valence-electron chi connectivity index (χ4n) is 1.90. The van der Waals surface area contributed by atoms with Crippen LogP contribution in [0.5, 0.6) is 0 Å². The number of benzene rings is 1. The normalized spacial score (nSPS) is 14.0. The van der Waals surface area contributed by atoms with E-state index >= 15 is 0 Å². The minimum Gasteiger partial charge on any atom is -0.375 e. The predicted molar refractivity (Wildman–Crippen MR) is 79.8 cm³/mol. The molecule has 104 valence electrons. The van der Waals surface area contributed by atoms with E-state index in [1.54, 1.807) is 0 Å². The Morgan fingerprint density at radius 1 is 1.32 bits per heavy atom. The zero-order valence-electron chi connectivity index (χ0n) is 11.8. The van der Waals surface area contributed by atoms with Crippen molar-refractivity contribution in [3.05, 3.63) is 24.3 Å². The van der Waals surface area contributed by atoms with E-state index in [-0.39, 0.29) is 6.03 Å². The van der Waals surface area contributed by atoms with Gasteiger partial charge in [0.15, 0.2) is 0 Å². The summed E-state index contributed by atoms with van der Waals surface area (Å²) >= 11 is 0. The maximum atomic E-state index is 11.6. The first-order valence-corrected chi connectivity index (χ1v) is 7.07. The Kier molecular flexibility index (Phi) is 4.66. The van der Waals surface area contributed by atoms with E-state index in [0.29, 0.717) is 6.04 Å². The minimum absolute atomic E-state index is 0.102. The number of anilines is 2. The summed E-state index contributed by atoms with van der Waals surface area (Å²) in [5.41, 5.74) is 2.02. The highest BCUT2D eigenvalue weighted by Crippen LogP contribution is 2.20. The van der Waals surface area contributed by atoms with Gasteiger partial charge in [-0.05, 0) is 43.5 Å². The average Bonchev–Trinajstić information content (AvgIpc) is 3.20. The molecule has 1 fully saturated rings. The van der Waals surface area contributed by atoms with Gasteiger partial charge in [0.2, 0.25) is 0 Å². The van der Waals surface area contributed by atoms with Crippen LogP contribution in [0.2, 0.25) is 0 Å². The number of carbonyl (C=O) groups is 1. The van der Waals surface area contributed by atoms with Gasteiger partial charge in [-0.15, -0.1) is 0 Å². The van der Waals surface area contributed by atoms with E-state index in [9.17, 15) is 4.79 Å². The lowest BCUT2D eigenvalue weighted by atomic mass is 10.2. The quantitative estimate of drug-likeness (QED) is 0.826. The smallest absolute Gasteiger partial charge is 0.319 e. The van der Waals surface area contributed by atoms with E-state index in [0.717, 1.165) is 25.1 Å². The summed E-state index contributed by atoms with van der Waals surface area (Å²) in [5.74, 6) is 0. The fourth-order valence-corrected chi connectivity index (χ4v) is 1.90. The second kappa shape index (κ2) is 6.45. The average molecular weight is 261 g/mol. The van der Waals surface area contributed by atoms with Gasteiger partial charge < -0.3 is 15.5 Å². The van der Waals surface area contributed by atoms with Crippen molar-refractivity contribution >= 4 is 17.4 Å². The van der Waals surface area contributed by atoms with Crippen LogP contribution >= 0.6 is 0 Å². The molecule has 0 spiro atoms. The third-order valence-electron chi connectivity index (χ3n) is 3.33. The lowest BCUT2D eigenvalue weighted by molar-refractivity contribution is 0.251. The molecule has 4 heteroatoms. The molecule has 2 rings (SSSR count). The molecule has 19 heavy (non-hydrogen) atoms. The number of nitrogens with one attached hydrogen (secondary N) is 2. The third kappa shape index (κ3) is 4.47. The van der Waals surface area contributed by atoms with E-state index in [1.165, 1.54) is 18.5 Å². The van der Waals surface area contributed by atoms with Crippen LogP contribution in [0.25, 0.3) is 0 Å². The Balaban J connectivity index is 1.84. The van der Waals surface area contributed by atoms with Gasteiger partial charge in [0.25, 0.3) is 0 Å². The zero-order valence-corrected chi connectivity index (χ0v) is 11.8. The van der Waals surface area contributed by atoms with Crippen LogP contribution in [0.1, 0.15) is 32.6 Å². The summed E-state index contributed by atoms with van der Waals surface area (Å²) in [4.78, 5) is 13.8. The molecule has 1 aromatic carbocycles. The van der Waals surface area contributed by atoms with E-state index in [2.05, 4.69) is 29.5 Å². The van der Waals surface area contributed by atoms with Crippen molar-refractivity contribution < 1.29 is 4.79 Å². The first-order valence-electron chi connectivity index (χ1n) is 7.07. The molecular formula is C15H23N3O. The minimum atomic E-state index is -0.102. The van der Waals surface area contributed by atoms with Crippen molar-refractivity contribution in [2.75, 3.05) is 23.8 Å². The van der Waals surface area contributed by atoms with Crippen LogP contribution in [0.15, 0.2) is 24.3 Å². The van der Waals surface area contributed by atoms with Crippen molar-refractivity contribution in [3.63, 3.8) is 0 Å². The molecule has 0 unspecified atom stereocenters. The Morgan fingerprint density at radius 2 is 2.00 bits per heavy atom. The lowest BCUT2D eigenvalue weighted by Crippen LogP contribution is -2.30. The van der Waals surface area contributed by atoms with Gasteiger partial charge in [-0.1, -0.05) is 13.3 Å². The SMILES string of the molecule is CCCCN(C)c1ccc(NC(=O)NC2CC2)cc1. The Hall–Kier alpha value is -1.71. The number of unbranched alkanes of at least 4 members (excludes halogenated alkanes) is 1. The standard InChI is InChI=1S/C15H23N3O/c1-3-4-11-18(2)14-9-7-13(8-10-14)17-15(19)16-12-5-6-12/h7-10,12H,3-6,11H2,1-2H3,(H2,16,17,19). The maximum absolute atomic E-state index is 11.6. The van der Waals surface area contributed by atoms with E-state index < -0.39 is 0 Å². The highest BCUT2D eigenvalue weighted by atomic mass is 16.2. The zero-order chi connectivity index (χ0) is 13.7. The number of rotatable bonds is 6. The number of urea groups is 1. The molecular weight excluding hydrogens is 238 g/mol. The Bertz CT molecular complexity index is 412. The molecule has 0 bridgehead atoms. The summed E-state index contributed by atoms with van der Waals surface area (Å²) in [6, 6.07) is 8.27. The molecule has 0 atom stereocenters. The van der Waals surface area contributed by atoms with Gasteiger partial charge in [-0.2, -0.15) is 0 Å². The molecule has 2 amide bonds. The molecule has 2 N–H and O–H groups in total. The summed E-state index contributed by atoms with van der Waals surface area (Å²) in [5, 5.41) is 5.76. The highest BCUT2D eigenvalue weighted by molar-refractivity contribution is 5.89. The topological polar surface area (TPSA) is 44.4 Å².